The number of piperidine rings is 1. The number of hydrogen-bond donors (Lipinski definition) is 0. The molecule has 0 radical (unpaired) electrons. The molecule has 2 nitrogen and oxygen atoms in total. The fraction of sp³-hybridized carbons (Fsp3) is 0.438. The van der Waals surface area contributed by atoms with Crippen LogP contribution in [0.5, 0.6) is 0 Å². The molecule has 1 heterocycles. The maximum atomic E-state index is 4.32. The smallest absolute Gasteiger partial charge is 0.0359 e. The van der Waals surface area contributed by atoms with Gasteiger partial charge in [-0.3, -0.25) is 9.89 Å². The predicted octanol–water partition coefficient (Wildman–Crippen LogP) is 3.50. The van der Waals surface area contributed by atoms with Gasteiger partial charge in [0.2, 0.25) is 0 Å². The molecule has 1 saturated heterocycles. The molecule has 0 bridgehead atoms. The summed E-state index contributed by atoms with van der Waals surface area (Å²) >= 11 is 0. The summed E-state index contributed by atoms with van der Waals surface area (Å²) in [5.74, 6) is 0.577. The van der Waals surface area contributed by atoms with Gasteiger partial charge in [0.1, 0.15) is 0 Å². The fourth-order valence-corrected chi connectivity index (χ4v) is 2.54. The monoisotopic (exact) mass is 242 g/mol. The molecule has 1 aliphatic heterocycles. The number of hydrogen-bond acceptors (Lipinski definition) is 2. The Morgan fingerprint density at radius 1 is 1.33 bits per heavy atom. The summed E-state index contributed by atoms with van der Waals surface area (Å²) in [5, 5.41) is 0. The zero-order valence-corrected chi connectivity index (χ0v) is 11.2. The molecule has 18 heavy (non-hydrogen) atoms. The van der Waals surface area contributed by atoms with Crippen molar-refractivity contribution in [2.75, 3.05) is 13.1 Å². The topological polar surface area (TPSA) is 15.6 Å². The summed E-state index contributed by atoms with van der Waals surface area (Å²) in [5.41, 5.74) is 2.46. The predicted molar refractivity (Wildman–Crippen MR) is 77.7 cm³/mol. The van der Waals surface area contributed by atoms with Gasteiger partial charge in [-0.2, -0.15) is 0 Å². The summed E-state index contributed by atoms with van der Waals surface area (Å²) in [7, 11) is 0. The largest absolute Gasteiger partial charge is 0.299 e. The van der Waals surface area contributed by atoms with E-state index in [4.69, 9.17) is 0 Å². The van der Waals surface area contributed by atoms with Crippen molar-refractivity contribution in [1.29, 1.82) is 0 Å². The molecule has 0 aromatic heterocycles. The van der Waals surface area contributed by atoms with Crippen molar-refractivity contribution < 1.29 is 0 Å². The van der Waals surface area contributed by atoms with E-state index in [1.807, 2.05) is 13.1 Å². The van der Waals surface area contributed by atoms with Crippen LogP contribution in [-0.2, 0) is 6.54 Å². The first kappa shape index (κ1) is 13.0. The Kier molecular flexibility index (Phi) is 4.71. The average molecular weight is 242 g/mol. The second kappa shape index (κ2) is 6.50. The molecule has 0 spiro atoms. The Morgan fingerprint density at radius 2 is 2.00 bits per heavy atom. The third-order valence-electron chi connectivity index (χ3n) is 3.60. The number of aliphatic imine (C=N–C) groups is 1. The number of likely N-dealkylation sites (tertiary alicyclic amines) is 1. The van der Waals surface area contributed by atoms with Crippen molar-refractivity contribution in [2.24, 2.45) is 10.9 Å². The van der Waals surface area contributed by atoms with Crippen molar-refractivity contribution in [3.05, 3.63) is 48.2 Å². The maximum absolute atomic E-state index is 4.32. The zero-order chi connectivity index (χ0) is 12.8. The molecule has 1 fully saturated rings. The van der Waals surface area contributed by atoms with Gasteiger partial charge < -0.3 is 0 Å². The molecule has 0 unspecified atom stereocenters. The molecular weight excluding hydrogens is 220 g/mol. The van der Waals surface area contributed by atoms with Crippen LogP contribution >= 0.6 is 0 Å². The number of allylic oxidation sites excluding steroid dienone is 1. The Balaban J connectivity index is 1.82. The molecule has 1 aromatic rings. The van der Waals surface area contributed by atoms with E-state index in [-0.39, 0.29) is 0 Å². The summed E-state index contributed by atoms with van der Waals surface area (Å²) < 4.78 is 0. The van der Waals surface area contributed by atoms with E-state index in [9.17, 15) is 0 Å². The molecule has 96 valence electrons. The molecule has 0 saturated carbocycles. The Morgan fingerprint density at radius 3 is 2.61 bits per heavy atom. The van der Waals surface area contributed by atoms with Crippen molar-refractivity contribution in [3.63, 3.8) is 0 Å². The van der Waals surface area contributed by atoms with E-state index in [1.165, 1.54) is 18.4 Å². The van der Waals surface area contributed by atoms with E-state index in [1.54, 1.807) is 0 Å². The van der Waals surface area contributed by atoms with Gasteiger partial charge >= 0.3 is 0 Å². The lowest BCUT2D eigenvalue weighted by Crippen LogP contribution is -2.33. The lowest BCUT2D eigenvalue weighted by molar-refractivity contribution is 0.191. The molecule has 0 amide bonds. The quantitative estimate of drug-likeness (QED) is 0.738. The van der Waals surface area contributed by atoms with Gasteiger partial charge in [0, 0.05) is 24.4 Å². The number of rotatable bonds is 4. The molecule has 0 aliphatic carbocycles. The van der Waals surface area contributed by atoms with Crippen LogP contribution in [0.25, 0.3) is 0 Å². The SMILES string of the molecule is C=C(N=CC)C1CCN(Cc2ccccc2)CC1. The summed E-state index contributed by atoms with van der Waals surface area (Å²) in [4.78, 5) is 6.84. The second-order valence-corrected chi connectivity index (χ2v) is 4.91. The highest BCUT2D eigenvalue weighted by atomic mass is 15.1. The van der Waals surface area contributed by atoms with Crippen LogP contribution in [0.1, 0.15) is 25.3 Å². The maximum Gasteiger partial charge on any atom is 0.0359 e. The molecule has 0 atom stereocenters. The van der Waals surface area contributed by atoms with Gasteiger partial charge in [0.05, 0.1) is 0 Å². The second-order valence-electron chi connectivity index (χ2n) is 4.91. The Labute approximate surface area is 110 Å². The first-order valence-corrected chi connectivity index (χ1v) is 6.73. The molecule has 1 aromatic carbocycles. The average Bonchev–Trinajstić information content (AvgIpc) is 2.41. The van der Waals surface area contributed by atoms with Gasteiger partial charge in [-0.1, -0.05) is 36.9 Å². The van der Waals surface area contributed by atoms with Crippen LogP contribution in [-0.4, -0.2) is 24.2 Å². The van der Waals surface area contributed by atoms with E-state index in [0.717, 1.165) is 25.3 Å². The highest BCUT2D eigenvalue weighted by Gasteiger charge is 2.20. The van der Waals surface area contributed by atoms with Gasteiger partial charge in [-0.05, 0) is 38.4 Å². The molecule has 2 heteroatoms. The first-order chi connectivity index (χ1) is 8.79. The Hall–Kier alpha value is -1.41. The minimum absolute atomic E-state index is 0.577. The van der Waals surface area contributed by atoms with Crippen LogP contribution in [0, 0.1) is 5.92 Å². The minimum Gasteiger partial charge on any atom is -0.299 e. The summed E-state index contributed by atoms with van der Waals surface area (Å²) in [6, 6.07) is 10.7. The van der Waals surface area contributed by atoms with E-state index >= 15 is 0 Å². The third-order valence-corrected chi connectivity index (χ3v) is 3.60. The zero-order valence-electron chi connectivity index (χ0n) is 11.2. The van der Waals surface area contributed by atoms with Crippen molar-refractivity contribution in [2.45, 2.75) is 26.3 Å². The Bertz CT molecular complexity index is 400. The summed E-state index contributed by atoms with van der Waals surface area (Å²) in [6.07, 6.45) is 4.21. The van der Waals surface area contributed by atoms with Crippen LogP contribution < -0.4 is 0 Å². The van der Waals surface area contributed by atoms with Gasteiger partial charge in [0.25, 0.3) is 0 Å². The standard InChI is InChI=1S/C16H22N2/c1-3-17-14(2)16-9-11-18(12-10-16)13-15-7-5-4-6-8-15/h3-8,16H,2,9-13H2,1H3. The van der Waals surface area contributed by atoms with Gasteiger partial charge in [-0.25, -0.2) is 0 Å². The lowest BCUT2D eigenvalue weighted by Gasteiger charge is -2.31. The van der Waals surface area contributed by atoms with Crippen molar-refractivity contribution >= 4 is 6.21 Å². The number of nitrogens with zero attached hydrogens (tertiary/aromatic N) is 2. The fourth-order valence-electron chi connectivity index (χ4n) is 2.54. The van der Waals surface area contributed by atoms with Crippen LogP contribution in [0.15, 0.2) is 47.6 Å². The molecule has 0 N–H and O–H groups in total. The molecule has 2 rings (SSSR count). The molecule has 1 aliphatic rings. The minimum atomic E-state index is 0.577. The van der Waals surface area contributed by atoms with Crippen LogP contribution in [0.4, 0.5) is 0 Å². The van der Waals surface area contributed by atoms with Gasteiger partial charge in [0.15, 0.2) is 0 Å². The van der Waals surface area contributed by atoms with Crippen molar-refractivity contribution in [3.8, 4) is 0 Å². The highest BCUT2D eigenvalue weighted by molar-refractivity contribution is 5.55. The normalized spacial score (nSPS) is 18.3. The first-order valence-electron chi connectivity index (χ1n) is 6.73. The molecular formula is C16H22N2. The van der Waals surface area contributed by atoms with Crippen molar-refractivity contribution in [1.82, 2.24) is 4.90 Å². The van der Waals surface area contributed by atoms with Crippen LogP contribution in [0.2, 0.25) is 0 Å². The highest BCUT2D eigenvalue weighted by Crippen LogP contribution is 2.25. The lowest BCUT2D eigenvalue weighted by atomic mass is 9.94. The summed E-state index contributed by atoms with van der Waals surface area (Å²) in [6.45, 7) is 9.38. The third kappa shape index (κ3) is 3.54. The van der Waals surface area contributed by atoms with E-state index in [2.05, 4.69) is 46.8 Å². The van der Waals surface area contributed by atoms with Gasteiger partial charge in [-0.15, -0.1) is 0 Å². The van der Waals surface area contributed by atoms with E-state index in [0.29, 0.717) is 5.92 Å². The van der Waals surface area contributed by atoms with E-state index < -0.39 is 0 Å². The van der Waals surface area contributed by atoms with Crippen LogP contribution in [0.3, 0.4) is 0 Å². The number of benzene rings is 1.